The molecule has 0 radical (unpaired) electrons. The van der Waals surface area contributed by atoms with Gasteiger partial charge in [0.05, 0.1) is 7.11 Å². The van der Waals surface area contributed by atoms with Gasteiger partial charge < -0.3 is 14.8 Å². The second-order valence-electron chi connectivity index (χ2n) is 10.8. The maximum absolute atomic E-state index is 14.1. The van der Waals surface area contributed by atoms with Gasteiger partial charge in [0.15, 0.2) is 11.5 Å². The third-order valence-electron chi connectivity index (χ3n) is 7.94. The van der Waals surface area contributed by atoms with Crippen LogP contribution < -0.4 is 14.8 Å². The highest BCUT2D eigenvalue weighted by Gasteiger charge is 2.31. The van der Waals surface area contributed by atoms with Crippen molar-refractivity contribution in [3.05, 3.63) is 64.2 Å². The van der Waals surface area contributed by atoms with Crippen LogP contribution in [0.2, 0.25) is 0 Å². The van der Waals surface area contributed by atoms with Gasteiger partial charge in [0, 0.05) is 41.9 Å². The predicted molar refractivity (Wildman–Crippen MR) is 147 cm³/mol. The van der Waals surface area contributed by atoms with E-state index in [1.807, 2.05) is 0 Å². The fourth-order valence-electron chi connectivity index (χ4n) is 5.95. The monoisotopic (exact) mass is 562 g/mol. The highest BCUT2D eigenvalue weighted by Crippen LogP contribution is 2.38. The van der Waals surface area contributed by atoms with Gasteiger partial charge in [-0.25, -0.2) is 8.78 Å². The molecule has 2 aromatic carbocycles. The summed E-state index contributed by atoms with van der Waals surface area (Å²) in [5.41, 5.74) is 1.46. The zero-order chi connectivity index (χ0) is 28.6. The summed E-state index contributed by atoms with van der Waals surface area (Å²) in [5.74, 6) is -1.16. The molecule has 0 bridgehead atoms. The van der Waals surface area contributed by atoms with E-state index in [-0.39, 0.29) is 35.2 Å². The van der Waals surface area contributed by atoms with Crippen LogP contribution in [0.1, 0.15) is 73.4 Å². The number of alkyl halides is 2. The molecule has 40 heavy (non-hydrogen) atoms. The number of methoxy groups -OCH3 is 1. The van der Waals surface area contributed by atoms with Crippen LogP contribution in [0.15, 0.2) is 35.9 Å². The van der Waals surface area contributed by atoms with Gasteiger partial charge in [0.25, 0.3) is 5.91 Å². The lowest BCUT2D eigenvalue weighted by atomic mass is 9.88. The van der Waals surface area contributed by atoms with E-state index in [1.54, 1.807) is 13.0 Å². The molecule has 2 fully saturated rings. The average Bonchev–Trinajstić information content (AvgIpc) is 3.36. The van der Waals surface area contributed by atoms with Crippen molar-refractivity contribution in [2.24, 2.45) is 5.92 Å². The summed E-state index contributed by atoms with van der Waals surface area (Å²) in [7, 11) is 1.38. The van der Waals surface area contributed by atoms with E-state index >= 15 is 0 Å². The summed E-state index contributed by atoms with van der Waals surface area (Å²) in [4.78, 5) is 15.8. The number of carbonyl (C=O) groups excluding carboxylic acids is 1. The molecule has 1 N–H and O–H groups in total. The molecule has 5 nitrogen and oxygen atoms in total. The molecule has 0 spiro atoms. The summed E-state index contributed by atoms with van der Waals surface area (Å²) < 4.78 is 64.6. The number of ether oxygens (including phenoxy) is 2. The average molecular weight is 563 g/mol. The van der Waals surface area contributed by atoms with Crippen LogP contribution in [0.25, 0.3) is 6.08 Å². The number of benzene rings is 2. The molecule has 2 aliphatic rings. The molecule has 0 unspecified atom stereocenters. The molecular weight excluding hydrogens is 524 g/mol. The first kappa shape index (κ1) is 29.9. The molecule has 1 aliphatic heterocycles. The molecule has 1 amide bonds. The number of likely N-dealkylation sites (tertiary alicyclic amines) is 1. The topological polar surface area (TPSA) is 50.8 Å². The lowest BCUT2D eigenvalue weighted by Gasteiger charge is -2.31. The second-order valence-corrected chi connectivity index (χ2v) is 10.8. The van der Waals surface area contributed by atoms with Crippen molar-refractivity contribution in [3.63, 3.8) is 0 Å². The molecule has 1 saturated heterocycles. The quantitative estimate of drug-likeness (QED) is 0.300. The smallest absolute Gasteiger partial charge is 0.387 e. The highest BCUT2D eigenvalue weighted by molar-refractivity contribution is 5.97. The standard InChI is InChI=1S/C31H38F4N2O3/c1-20(15-22-10-11-23(32)16-27(22)33)18-36-30(38)25-12-13-28(39-2)29(40-31(34)35)26(25)17-24-9-6-14-37(24)19-21-7-4-3-5-8-21/h10-13,15-16,21,24,31H,3-9,14,17-19H2,1-2H3,(H,36,38)/t24-/m0/s1. The SMILES string of the molecule is COc1ccc(C(=O)NCC(C)=Cc2ccc(F)cc2F)c(C[C@@H]2CCCN2CC2CCCCC2)c1OC(F)F. The van der Waals surface area contributed by atoms with Crippen LogP contribution in [0, 0.1) is 17.6 Å². The van der Waals surface area contributed by atoms with E-state index in [9.17, 15) is 22.4 Å². The Morgan fingerprint density at radius 1 is 1.10 bits per heavy atom. The van der Waals surface area contributed by atoms with Crippen molar-refractivity contribution in [3.8, 4) is 11.5 Å². The number of hydrogen-bond donors (Lipinski definition) is 1. The number of hydrogen-bond acceptors (Lipinski definition) is 4. The first-order chi connectivity index (χ1) is 19.2. The zero-order valence-corrected chi connectivity index (χ0v) is 23.2. The Morgan fingerprint density at radius 3 is 2.58 bits per heavy atom. The van der Waals surface area contributed by atoms with Crippen LogP contribution in [0.3, 0.4) is 0 Å². The Kier molecular flexibility index (Phi) is 10.5. The van der Waals surface area contributed by atoms with Crippen molar-refractivity contribution in [2.75, 3.05) is 26.7 Å². The maximum atomic E-state index is 14.1. The van der Waals surface area contributed by atoms with Crippen LogP contribution >= 0.6 is 0 Å². The van der Waals surface area contributed by atoms with E-state index in [2.05, 4.69) is 10.2 Å². The first-order valence-corrected chi connectivity index (χ1v) is 14.0. The normalized spacial score (nSPS) is 18.8. The molecule has 0 aromatic heterocycles. The van der Waals surface area contributed by atoms with E-state index in [1.165, 1.54) is 57.4 Å². The molecule has 9 heteroatoms. The number of rotatable bonds is 11. The Hall–Kier alpha value is -3.07. The van der Waals surface area contributed by atoms with Crippen LogP contribution in [0.5, 0.6) is 11.5 Å². The maximum Gasteiger partial charge on any atom is 0.387 e. The van der Waals surface area contributed by atoms with Crippen molar-refractivity contribution in [2.45, 2.75) is 70.9 Å². The third kappa shape index (κ3) is 7.77. The molecular formula is C31H38F4N2O3. The summed E-state index contributed by atoms with van der Waals surface area (Å²) in [6, 6.07) is 6.42. The third-order valence-corrected chi connectivity index (χ3v) is 7.94. The zero-order valence-electron chi connectivity index (χ0n) is 23.2. The summed E-state index contributed by atoms with van der Waals surface area (Å²) in [6.45, 7) is 0.643. The predicted octanol–water partition coefficient (Wildman–Crippen LogP) is 7.00. The van der Waals surface area contributed by atoms with Gasteiger partial charge in [-0.1, -0.05) is 30.9 Å². The fourth-order valence-corrected chi connectivity index (χ4v) is 5.95. The van der Waals surface area contributed by atoms with Gasteiger partial charge in [-0.2, -0.15) is 8.78 Å². The molecule has 1 aliphatic carbocycles. The Balaban J connectivity index is 1.56. The Morgan fingerprint density at radius 2 is 1.88 bits per heavy atom. The highest BCUT2D eigenvalue weighted by atomic mass is 19.3. The van der Waals surface area contributed by atoms with Crippen molar-refractivity contribution in [1.29, 1.82) is 0 Å². The lowest BCUT2D eigenvalue weighted by Crippen LogP contribution is -2.36. The molecule has 1 heterocycles. The Labute approximate surface area is 233 Å². The summed E-state index contributed by atoms with van der Waals surface area (Å²) in [6.07, 6.45) is 10.0. The van der Waals surface area contributed by atoms with E-state index in [4.69, 9.17) is 9.47 Å². The van der Waals surface area contributed by atoms with Crippen molar-refractivity contribution >= 4 is 12.0 Å². The van der Waals surface area contributed by atoms with E-state index in [0.29, 0.717) is 23.5 Å². The van der Waals surface area contributed by atoms with Gasteiger partial charge in [0.2, 0.25) is 0 Å². The van der Waals surface area contributed by atoms with Gasteiger partial charge in [-0.15, -0.1) is 0 Å². The van der Waals surface area contributed by atoms with Gasteiger partial charge in [-0.05, 0) is 75.8 Å². The molecule has 4 rings (SSSR count). The largest absolute Gasteiger partial charge is 0.493 e. The summed E-state index contributed by atoms with van der Waals surface area (Å²) >= 11 is 0. The van der Waals surface area contributed by atoms with Gasteiger partial charge >= 0.3 is 6.61 Å². The number of nitrogens with one attached hydrogen (secondary N) is 1. The number of halogens is 4. The van der Waals surface area contributed by atoms with Crippen LogP contribution in [0.4, 0.5) is 17.6 Å². The number of carbonyl (C=O) groups is 1. The fraction of sp³-hybridized carbons (Fsp3) is 0.516. The minimum atomic E-state index is -3.08. The molecule has 2 aromatic rings. The minimum absolute atomic E-state index is 0.0867. The molecule has 218 valence electrons. The van der Waals surface area contributed by atoms with Crippen LogP contribution in [-0.2, 0) is 6.42 Å². The van der Waals surface area contributed by atoms with Crippen LogP contribution in [-0.4, -0.2) is 50.2 Å². The van der Waals surface area contributed by atoms with Crippen molar-refractivity contribution in [1.82, 2.24) is 10.2 Å². The van der Waals surface area contributed by atoms with E-state index < -0.39 is 24.2 Å². The minimum Gasteiger partial charge on any atom is -0.493 e. The van der Waals surface area contributed by atoms with Crippen molar-refractivity contribution < 1.29 is 31.8 Å². The first-order valence-electron chi connectivity index (χ1n) is 14.0. The molecule has 1 saturated carbocycles. The molecule has 1 atom stereocenters. The van der Waals surface area contributed by atoms with Gasteiger partial charge in [-0.3, -0.25) is 9.69 Å². The second kappa shape index (κ2) is 14.0. The van der Waals surface area contributed by atoms with E-state index in [0.717, 1.165) is 38.1 Å². The Bertz CT molecular complexity index is 1200. The lowest BCUT2D eigenvalue weighted by molar-refractivity contribution is -0.0520. The summed E-state index contributed by atoms with van der Waals surface area (Å²) in [5, 5.41) is 2.81. The number of nitrogens with zero attached hydrogens (tertiary/aromatic N) is 1. The van der Waals surface area contributed by atoms with Gasteiger partial charge in [0.1, 0.15) is 11.6 Å². The number of amides is 1.